The molecule has 0 atom stereocenters. The van der Waals surface area contributed by atoms with Gasteiger partial charge in [0.15, 0.2) is 0 Å². The van der Waals surface area contributed by atoms with Crippen molar-refractivity contribution < 1.29 is 9.53 Å². The van der Waals surface area contributed by atoms with E-state index in [1.165, 1.54) is 0 Å². The molecule has 1 amide bonds. The maximum absolute atomic E-state index is 12.6. The second kappa shape index (κ2) is 7.09. The highest BCUT2D eigenvalue weighted by Gasteiger charge is 2.16. The van der Waals surface area contributed by atoms with Crippen molar-refractivity contribution in [1.82, 2.24) is 4.90 Å². The number of benzene rings is 2. The Balaban J connectivity index is 2.22. The van der Waals surface area contributed by atoms with E-state index in [2.05, 4.69) is 31.9 Å². The monoisotopic (exact) mass is 411 g/mol. The summed E-state index contributed by atoms with van der Waals surface area (Å²) in [7, 11) is 3.37. The van der Waals surface area contributed by atoms with Gasteiger partial charge >= 0.3 is 0 Å². The summed E-state index contributed by atoms with van der Waals surface area (Å²) >= 11 is 6.92. The van der Waals surface area contributed by atoms with Gasteiger partial charge < -0.3 is 9.64 Å². The van der Waals surface area contributed by atoms with Crippen LogP contribution in [0.3, 0.4) is 0 Å². The molecule has 0 aliphatic heterocycles. The van der Waals surface area contributed by atoms with Crippen molar-refractivity contribution in [3.8, 4) is 5.75 Å². The van der Waals surface area contributed by atoms with Gasteiger partial charge in [0.05, 0.1) is 12.7 Å². The van der Waals surface area contributed by atoms with Crippen LogP contribution in [0.1, 0.15) is 15.9 Å². The maximum Gasteiger partial charge on any atom is 0.255 e. The van der Waals surface area contributed by atoms with Crippen LogP contribution in [-0.2, 0) is 6.54 Å². The van der Waals surface area contributed by atoms with Crippen LogP contribution in [0.15, 0.2) is 51.4 Å². The zero-order chi connectivity index (χ0) is 15.4. The first-order chi connectivity index (χ1) is 10.0. The number of hydrogen-bond donors (Lipinski definition) is 0. The molecule has 21 heavy (non-hydrogen) atoms. The zero-order valence-electron chi connectivity index (χ0n) is 11.8. The minimum atomic E-state index is -0.0588. The molecule has 0 aromatic heterocycles. The van der Waals surface area contributed by atoms with Crippen molar-refractivity contribution in [3.63, 3.8) is 0 Å². The standard InChI is InChI=1S/C16H15Br2NO2/c1-19(10-11-5-3-4-6-14(11)17)16(20)13-9-12(21-2)7-8-15(13)18/h3-9H,10H2,1-2H3. The van der Waals surface area contributed by atoms with E-state index in [4.69, 9.17) is 4.74 Å². The summed E-state index contributed by atoms with van der Waals surface area (Å²) in [5.74, 6) is 0.604. The number of hydrogen-bond acceptors (Lipinski definition) is 2. The summed E-state index contributed by atoms with van der Waals surface area (Å²) in [6, 6.07) is 13.2. The summed E-state index contributed by atoms with van der Waals surface area (Å²) in [5, 5.41) is 0. The molecule has 0 saturated carbocycles. The van der Waals surface area contributed by atoms with E-state index in [0.717, 1.165) is 14.5 Å². The van der Waals surface area contributed by atoms with E-state index in [-0.39, 0.29) is 5.91 Å². The second-order valence-electron chi connectivity index (χ2n) is 4.60. The molecule has 0 radical (unpaired) electrons. The predicted molar refractivity (Wildman–Crippen MR) is 90.6 cm³/mol. The Morgan fingerprint density at radius 1 is 1.14 bits per heavy atom. The molecular weight excluding hydrogens is 398 g/mol. The van der Waals surface area contributed by atoms with Gasteiger partial charge in [-0.2, -0.15) is 0 Å². The lowest BCUT2D eigenvalue weighted by Gasteiger charge is -2.19. The summed E-state index contributed by atoms with van der Waals surface area (Å²) in [5.41, 5.74) is 1.65. The fourth-order valence-corrected chi connectivity index (χ4v) is 2.78. The Morgan fingerprint density at radius 3 is 2.52 bits per heavy atom. The average molecular weight is 413 g/mol. The molecule has 3 nitrogen and oxygen atoms in total. The number of carbonyl (C=O) groups excluding carboxylic acids is 1. The normalized spacial score (nSPS) is 10.3. The van der Waals surface area contributed by atoms with Crippen molar-refractivity contribution in [2.75, 3.05) is 14.2 Å². The summed E-state index contributed by atoms with van der Waals surface area (Å²) in [4.78, 5) is 14.3. The first-order valence-corrected chi connectivity index (χ1v) is 7.94. The number of nitrogens with zero attached hydrogens (tertiary/aromatic N) is 1. The molecular formula is C16H15Br2NO2. The van der Waals surface area contributed by atoms with Gasteiger partial charge in [-0.3, -0.25) is 4.79 Å². The molecule has 0 fully saturated rings. The number of halogens is 2. The van der Waals surface area contributed by atoms with Crippen molar-refractivity contribution >= 4 is 37.8 Å². The molecule has 0 heterocycles. The molecule has 0 saturated heterocycles. The van der Waals surface area contributed by atoms with Crippen LogP contribution in [0.25, 0.3) is 0 Å². The van der Waals surface area contributed by atoms with Gasteiger partial charge in [0.1, 0.15) is 5.75 Å². The van der Waals surface area contributed by atoms with Gasteiger partial charge in [0.2, 0.25) is 0 Å². The Labute approximate surface area is 141 Å². The molecule has 2 rings (SSSR count). The van der Waals surface area contributed by atoms with Crippen molar-refractivity contribution in [2.24, 2.45) is 0 Å². The number of methoxy groups -OCH3 is 1. The van der Waals surface area contributed by atoms with Gasteiger partial charge in [0.25, 0.3) is 5.91 Å². The van der Waals surface area contributed by atoms with E-state index < -0.39 is 0 Å². The predicted octanol–water partition coefficient (Wildman–Crippen LogP) is 4.49. The van der Waals surface area contributed by atoms with Gasteiger partial charge in [-0.05, 0) is 45.8 Å². The lowest BCUT2D eigenvalue weighted by Crippen LogP contribution is -2.26. The molecule has 5 heteroatoms. The number of ether oxygens (including phenoxy) is 1. The first-order valence-electron chi connectivity index (χ1n) is 6.35. The smallest absolute Gasteiger partial charge is 0.255 e. The molecule has 2 aromatic carbocycles. The Hall–Kier alpha value is -1.33. The Bertz CT molecular complexity index is 658. The van der Waals surface area contributed by atoms with Gasteiger partial charge in [-0.15, -0.1) is 0 Å². The van der Waals surface area contributed by atoms with Crippen molar-refractivity contribution in [2.45, 2.75) is 6.54 Å². The van der Waals surface area contributed by atoms with Crippen LogP contribution in [0.2, 0.25) is 0 Å². The topological polar surface area (TPSA) is 29.5 Å². The highest BCUT2D eigenvalue weighted by molar-refractivity contribution is 9.10. The number of carbonyl (C=O) groups is 1. The van der Waals surface area contributed by atoms with E-state index >= 15 is 0 Å². The third kappa shape index (κ3) is 3.86. The van der Waals surface area contributed by atoms with E-state index in [1.54, 1.807) is 25.1 Å². The molecule has 0 spiro atoms. The fraction of sp³-hybridized carbons (Fsp3) is 0.188. The minimum Gasteiger partial charge on any atom is -0.497 e. The lowest BCUT2D eigenvalue weighted by atomic mass is 10.1. The lowest BCUT2D eigenvalue weighted by molar-refractivity contribution is 0.0783. The second-order valence-corrected chi connectivity index (χ2v) is 6.31. The van der Waals surface area contributed by atoms with Gasteiger partial charge in [-0.1, -0.05) is 34.1 Å². The molecule has 0 aliphatic carbocycles. The quantitative estimate of drug-likeness (QED) is 0.740. The summed E-state index contributed by atoms with van der Waals surface area (Å²) in [6.45, 7) is 0.532. The molecule has 0 N–H and O–H groups in total. The zero-order valence-corrected chi connectivity index (χ0v) is 14.9. The molecule has 0 unspecified atom stereocenters. The van der Waals surface area contributed by atoms with Crippen molar-refractivity contribution in [1.29, 1.82) is 0 Å². The maximum atomic E-state index is 12.6. The van der Waals surface area contributed by atoms with E-state index in [0.29, 0.717) is 17.9 Å². The van der Waals surface area contributed by atoms with Crippen LogP contribution in [0, 0.1) is 0 Å². The van der Waals surface area contributed by atoms with Crippen molar-refractivity contribution in [3.05, 3.63) is 62.5 Å². The largest absolute Gasteiger partial charge is 0.497 e. The molecule has 0 aliphatic rings. The van der Waals surface area contributed by atoms with E-state index in [1.807, 2.05) is 36.4 Å². The van der Waals surface area contributed by atoms with Crippen LogP contribution >= 0.6 is 31.9 Å². The third-order valence-corrected chi connectivity index (χ3v) is 4.58. The first kappa shape index (κ1) is 16.0. The van der Waals surface area contributed by atoms with Crippen LogP contribution < -0.4 is 4.74 Å². The fourth-order valence-electron chi connectivity index (χ4n) is 1.95. The van der Waals surface area contributed by atoms with Gasteiger partial charge in [0, 0.05) is 22.5 Å². The van der Waals surface area contributed by atoms with Crippen LogP contribution in [0.4, 0.5) is 0 Å². The average Bonchev–Trinajstić information content (AvgIpc) is 2.49. The summed E-state index contributed by atoms with van der Waals surface area (Å²) in [6.07, 6.45) is 0. The highest BCUT2D eigenvalue weighted by atomic mass is 79.9. The molecule has 110 valence electrons. The third-order valence-electron chi connectivity index (χ3n) is 3.12. The number of amides is 1. The van der Waals surface area contributed by atoms with E-state index in [9.17, 15) is 4.79 Å². The number of rotatable bonds is 4. The molecule has 0 bridgehead atoms. The Morgan fingerprint density at radius 2 is 1.86 bits per heavy atom. The minimum absolute atomic E-state index is 0.0588. The van der Waals surface area contributed by atoms with Gasteiger partial charge in [-0.25, -0.2) is 0 Å². The van der Waals surface area contributed by atoms with Crippen LogP contribution in [-0.4, -0.2) is 25.0 Å². The Kier molecular flexibility index (Phi) is 5.42. The highest BCUT2D eigenvalue weighted by Crippen LogP contribution is 2.25. The van der Waals surface area contributed by atoms with Crippen LogP contribution in [0.5, 0.6) is 5.75 Å². The molecule has 2 aromatic rings. The SMILES string of the molecule is COc1ccc(Br)c(C(=O)N(C)Cc2ccccc2Br)c1. The summed E-state index contributed by atoms with van der Waals surface area (Å²) < 4.78 is 6.93.